The average Bonchev–Trinajstić information content (AvgIpc) is 3.12. The number of hydrogen-bond acceptors (Lipinski definition) is 3. The van der Waals surface area contributed by atoms with Gasteiger partial charge in [0, 0.05) is 0 Å². The average molecular weight is 362 g/mol. The van der Waals surface area contributed by atoms with Crippen LogP contribution in [0.5, 0.6) is 0 Å². The van der Waals surface area contributed by atoms with Crippen molar-refractivity contribution in [2.75, 3.05) is 13.2 Å². The Morgan fingerprint density at radius 1 is 0.692 bits per heavy atom. The number of hydrogen-bond donors (Lipinski definition) is 1. The predicted octanol–water partition coefficient (Wildman–Crippen LogP) is 4.47. The van der Waals surface area contributed by atoms with E-state index in [1.807, 2.05) is 18.2 Å². The van der Waals surface area contributed by atoms with Gasteiger partial charge in [0.1, 0.15) is 0 Å². The van der Waals surface area contributed by atoms with Crippen LogP contribution >= 0.6 is 11.8 Å². The fourth-order valence-electron chi connectivity index (χ4n) is 3.59. The Labute approximate surface area is 158 Å². The van der Waals surface area contributed by atoms with Crippen LogP contribution in [-0.4, -0.2) is 29.7 Å². The van der Waals surface area contributed by atoms with E-state index in [9.17, 15) is 5.11 Å². The first kappa shape index (κ1) is 17.3. The van der Waals surface area contributed by atoms with Crippen molar-refractivity contribution in [2.45, 2.75) is 16.1 Å². The molecule has 26 heavy (non-hydrogen) atoms. The van der Waals surface area contributed by atoms with Crippen molar-refractivity contribution in [2.24, 2.45) is 0 Å². The maximum absolute atomic E-state index is 10.4. The number of benzene rings is 3. The summed E-state index contributed by atoms with van der Waals surface area (Å²) < 4.78 is 5.15. The molecule has 0 bridgehead atoms. The Morgan fingerprint density at radius 2 is 1.12 bits per heavy atom. The normalized spacial score (nSPS) is 20.2. The van der Waals surface area contributed by atoms with Crippen LogP contribution in [-0.2, 0) is 9.48 Å². The molecule has 1 N–H and O–H groups in total. The fraction of sp³-hybridized carbons (Fsp3) is 0.217. The minimum Gasteiger partial charge on any atom is -0.389 e. The standard InChI is InChI=1S/C23H22O2S/c24-21-16-25-17-22(21)26-23(18-10-4-1-5-11-18,19-12-6-2-7-13-19)20-14-8-3-9-15-20/h1-15,21-22,24H,16-17H2. The molecule has 2 unspecified atom stereocenters. The van der Waals surface area contributed by atoms with E-state index in [4.69, 9.17) is 4.74 Å². The summed E-state index contributed by atoms with van der Waals surface area (Å²) in [5, 5.41) is 10.5. The number of rotatable bonds is 5. The second-order valence-electron chi connectivity index (χ2n) is 6.54. The third-order valence-electron chi connectivity index (χ3n) is 4.87. The molecule has 3 aromatic rings. The molecule has 0 saturated carbocycles. The van der Waals surface area contributed by atoms with Gasteiger partial charge in [-0.15, -0.1) is 11.8 Å². The van der Waals surface area contributed by atoms with Crippen molar-refractivity contribution in [3.05, 3.63) is 108 Å². The van der Waals surface area contributed by atoms with E-state index in [-0.39, 0.29) is 5.25 Å². The first-order valence-corrected chi connectivity index (χ1v) is 9.79. The van der Waals surface area contributed by atoms with E-state index >= 15 is 0 Å². The van der Waals surface area contributed by atoms with Crippen molar-refractivity contribution < 1.29 is 9.84 Å². The third kappa shape index (κ3) is 3.18. The number of thioether (sulfide) groups is 1. The minimum absolute atomic E-state index is 0.0237. The molecule has 1 aliphatic heterocycles. The summed E-state index contributed by atoms with van der Waals surface area (Å²) >= 11 is 1.79. The third-order valence-corrected chi connectivity index (χ3v) is 6.68. The van der Waals surface area contributed by atoms with Gasteiger partial charge in [-0.05, 0) is 16.7 Å². The minimum atomic E-state index is -0.449. The topological polar surface area (TPSA) is 29.5 Å². The van der Waals surface area contributed by atoms with Crippen molar-refractivity contribution >= 4 is 11.8 Å². The lowest BCUT2D eigenvalue weighted by molar-refractivity contribution is 0.127. The smallest absolute Gasteiger partial charge is 0.0914 e. The molecule has 0 aromatic heterocycles. The summed E-state index contributed by atoms with van der Waals surface area (Å²) in [6, 6.07) is 31.7. The summed E-state index contributed by atoms with van der Waals surface area (Å²) in [7, 11) is 0. The van der Waals surface area contributed by atoms with Gasteiger partial charge in [-0.3, -0.25) is 0 Å². The van der Waals surface area contributed by atoms with Gasteiger partial charge in [0.15, 0.2) is 0 Å². The molecule has 3 heteroatoms. The van der Waals surface area contributed by atoms with Crippen LogP contribution in [0.3, 0.4) is 0 Å². The van der Waals surface area contributed by atoms with Gasteiger partial charge in [-0.25, -0.2) is 0 Å². The van der Waals surface area contributed by atoms with E-state index in [1.165, 1.54) is 16.7 Å². The van der Waals surface area contributed by atoms with E-state index < -0.39 is 10.9 Å². The second-order valence-corrected chi connectivity index (χ2v) is 7.99. The Hall–Kier alpha value is -2.07. The molecule has 1 saturated heterocycles. The van der Waals surface area contributed by atoms with Crippen LogP contribution in [0.1, 0.15) is 16.7 Å². The van der Waals surface area contributed by atoms with Crippen molar-refractivity contribution in [3.8, 4) is 0 Å². The van der Waals surface area contributed by atoms with E-state index in [2.05, 4.69) is 72.8 Å². The number of ether oxygens (including phenoxy) is 1. The molecule has 1 aliphatic rings. The highest BCUT2D eigenvalue weighted by atomic mass is 32.2. The Balaban J connectivity index is 1.94. The second kappa shape index (κ2) is 7.67. The first-order valence-electron chi connectivity index (χ1n) is 8.91. The zero-order chi connectivity index (χ0) is 17.8. The zero-order valence-electron chi connectivity index (χ0n) is 14.5. The summed E-state index contributed by atoms with van der Waals surface area (Å²) in [6.07, 6.45) is -0.449. The molecular weight excluding hydrogens is 340 g/mol. The molecule has 132 valence electrons. The lowest BCUT2D eigenvalue weighted by Gasteiger charge is -2.37. The van der Waals surface area contributed by atoms with Crippen molar-refractivity contribution in [1.82, 2.24) is 0 Å². The maximum atomic E-state index is 10.4. The van der Waals surface area contributed by atoms with Crippen LogP contribution in [0.25, 0.3) is 0 Å². The largest absolute Gasteiger partial charge is 0.389 e. The summed E-state index contributed by atoms with van der Waals surface area (Å²) in [6.45, 7) is 0.978. The molecule has 0 radical (unpaired) electrons. The van der Waals surface area contributed by atoms with E-state index in [0.717, 1.165) is 0 Å². The number of aliphatic hydroxyl groups excluding tert-OH is 1. The van der Waals surface area contributed by atoms with Crippen molar-refractivity contribution in [3.63, 3.8) is 0 Å². The molecule has 1 heterocycles. The molecule has 1 fully saturated rings. The molecule has 4 rings (SSSR count). The highest BCUT2D eigenvalue weighted by molar-refractivity contribution is 8.01. The molecule has 0 spiro atoms. The SMILES string of the molecule is OC1COCC1SC(c1ccccc1)(c1ccccc1)c1ccccc1. The van der Waals surface area contributed by atoms with Crippen molar-refractivity contribution in [1.29, 1.82) is 0 Å². The lowest BCUT2D eigenvalue weighted by atomic mass is 9.84. The molecule has 2 atom stereocenters. The van der Waals surface area contributed by atoms with Gasteiger partial charge in [0.05, 0.1) is 29.3 Å². The van der Waals surface area contributed by atoms with E-state index in [0.29, 0.717) is 13.2 Å². The molecular formula is C23H22O2S. The highest BCUT2D eigenvalue weighted by Crippen LogP contribution is 2.51. The quantitative estimate of drug-likeness (QED) is 0.679. The highest BCUT2D eigenvalue weighted by Gasteiger charge is 2.42. The molecule has 3 aromatic carbocycles. The van der Waals surface area contributed by atoms with Crippen LogP contribution in [0, 0.1) is 0 Å². The molecule has 2 nitrogen and oxygen atoms in total. The van der Waals surface area contributed by atoms with Gasteiger partial charge in [0.25, 0.3) is 0 Å². The lowest BCUT2D eigenvalue weighted by Crippen LogP contribution is -2.32. The van der Waals surface area contributed by atoms with Crippen LogP contribution in [0.15, 0.2) is 91.0 Å². The predicted molar refractivity (Wildman–Crippen MR) is 107 cm³/mol. The first-order chi connectivity index (χ1) is 12.8. The van der Waals surface area contributed by atoms with Gasteiger partial charge in [0.2, 0.25) is 0 Å². The van der Waals surface area contributed by atoms with E-state index in [1.54, 1.807) is 11.8 Å². The molecule has 0 aliphatic carbocycles. The summed E-state index contributed by atoms with van der Waals surface area (Å²) in [5.74, 6) is 0. The molecule has 0 amide bonds. The number of aliphatic hydroxyl groups is 1. The maximum Gasteiger partial charge on any atom is 0.0914 e. The van der Waals surface area contributed by atoms with Gasteiger partial charge >= 0.3 is 0 Å². The Morgan fingerprint density at radius 3 is 1.46 bits per heavy atom. The van der Waals surface area contributed by atoms with Gasteiger partial charge in [-0.1, -0.05) is 91.0 Å². The van der Waals surface area contributed by atoms with Gasteiger partial charge in [-0.2, -0.15) is 0 Å². The Bertz CT molecular complexity index is 724. The van der Waals surface area contributed by atoms with Crippen LogP contribution in [0.2, 0.25) is 0 Å². The summed E-state index contributed by atoms with van der Waals surface area (Å²) in [4.78, 5) is 0. The Kier molecular flexibility index (Phi) is 5.11. The zero-order valence-corrected chi connectivity index (χ0v) is 15.3. The van der Waals surface area contributed by atoms with Gasteiger partial charge < -0.3 is 9.84 Å². The van der Waals surface area contributed by atoms with Crippen LogP contribution < -0.4 is 0 Å². The summed E-state index contributed by atoms with van der Waals surface area (Å²) in [5.41, 5.74) is 3.63. The van der Waals surface area contributed by atoms with Crippen LogP contribution in [0.4, 0.5) is 0 Å². The monoisotopic (exact) mass is 362 g/mol. The fourth-order valence-corrected chi connectivity index (χ4v) is 5.26.